The Kier molecular flexibility index (Phi) is 3.63. The van der Waals surface area contributed by atoms with Crippen molar-refractivity contribution >= 4 is 11.4 Å². The van der Waals surface area contributed by atoms with Crippen molar-refractivity contribution in [1.82, 2.24) is 4.90 Å². The van der Waals surface area contributed by atoms with E-state index in [1.807, 2.05) is 0 Å². The van der Waals surface area contributed by atoms with E-state index in [1.165, 1.54) is 42.6 Å². The Morgan fingerprint density at radius 3 is 2.35 bits per heavy atom. The molecular formula is C17H27N3. The zero-order chi connectivity index (χ0) is 14.3. The first kappa shape index (κ1) is 13.7. The average Bonchev–Trinajstić information content (AvgIpc) is 2.64. The summed E-state index contributed by atoms with van der Waals surface area (Å²) in [6.45, 7) is 2.21. The van der Waals surface area contributed by atoms with Gasteiger partial charge >= 0.3 is 0 Å². The minimum atomic E-state index is 0.646. The van der Waals surface area contributed by atoms with Crippen LogP contribution in [0.3, 0.4) is 0 Å². The van der Waals surface area contributed by atoms with Gasteiger partial charge in [-0.05, 0) is 63.4 Å². The van der Waals surface area contributed by atoms with Crippen LogP contribution < -0.4 is 10.2 Å². The Hall–Kier alpha value is -1.22. The number of anilines is 2. The van der Waals surface area contributed by atoms with Crippen molar-refractivity contribution in [1.29, 1.82) is 0 Å². The highest BCUT2D eigenvalue weighted by Crippen LogP contribution is 2.36. The fourth-order valence-electron chi connectivity index (χ4n) is 3.84. The summed E-state index contributed by atoms with van der Waals surface area (Å²) < 4.78 is 0. The predicted octanol–water partition coefficient (Wildman–Crippen LogP) is 3.10. The normalized spacial score (nSPS) is 29.5. The van der Waals surface area contributed by atoms with Gasteiger partial charge in [-0.2, -0.15) is 0 Å². The SMILES string of the molecule is Cc1cc(N(C)C)ccc1NC1CC2CCC(C1)N2C. The average molecular weight is 273 g/mol. The number of piperidine rings is 1. The zero-order valence-corrected chi connectivity index (χ0v) is 13.2. The number of hydrogen-bond donors (Lipinski definition) is 1. The summed E-state index contributed by atoms with van der Waals surface area (Å²) in [5, 5.41) is 3.79. The van der Waals surface area contributed by atoms with Gasteiger partial charge in [-0.1, -0.05) is 0 Å². The molecule has 3 heteroatoms. The number of rotatable bonds is 3. The lowest BCUT2D eigenvalue weighted by Crippen LogP contribution is -2.44. The minimum absolute atomic E-state index is 0.646. The second kappa shape index (κ2) is 5.28. The van der Waals surface area contributed by atoms with E-state index in [0.29, 0.717) is 6.04 Å². The van der Waals surface area contributed by atoms with Crippen LogP contribution in [0.25, 0.3) is 0 Å². The van der Waals surface area contributed by atoms with E-state index in [2.05, 4.69) is 61.4 Å². The summed E-state index contributed by atoms with van der Waals surface area (Å²) >= 11 is 0. The van der Waals surface area contributed by atoms with Crippen molar-refractivity contribution in [2.75, 3.05) is 31.4 Å². The van der Waals surface area contributed by atoms with Crippen LogP contribution in [-0.2, 0) is 0 Å². The Morgan fingerprint density at radius 1 is 1.15 bits per heavy atom. The van der Waals surface area contributed by atoms with E-state index in [9.17, 15) is 0 Å². The largest absolute Gasteiger partial charge is 0.382 e. The Bertz CT molecular complexity index is 469. The molecule has 20 heavy (non-hydrogen) atoms. The molecule has 1 N–H and O–H groups in total. The Balaban J connectivity index is 1.69. The molecule has 2 heterocycles. The number of benzene rings is 1. The monoisotopic (exact) mass is 273 g/mol. The molecular weight excluding hydrogens is 246 g/mol. The lowest BCUT2D eigenvalue weighted by Gasteiger charge is -2.37. The number of aryl methyl sites for hydroxylation is 1. The van der Waals surface area contributed by atoms with Crippen LogP contribution in [0.15, 0.2) is 18.2 Å². The van der Waals surface area contributed by atoms with Crippen LogP contribution in [0.4, 0.5) is 11.4 Å². The summed E-state index contributed by atoms with van der Waals surface area (Å²) in [5.74, 6) is 0. The molecule has 1 aromatic carbocycles. The second-order valence-electron chi connectivity index (χ2n) is 6.76. The lowest BCUT2D eigenvalue weighted by molar-refractivity contribution is 0.169. The molecule has 2 aliphatic rings. The maximum absolute atomic E-state index is 3.79. The molecule has 0 aromatic heterocycles. The molecule has 2 saturated heterocycles. The number of nitrogens with one attached hydrogen (secondary N) is 1. The standard InChI is InChI=1S/C17H27N3/c1-12-9-14(19(2)3)7-8-17(12)18-13-10-15-5-6-16(11-13)20(15)4/h7-9,13,15-16,18H,5-6,10-11H2,1-4H3. The Labute approximate surface area is 123 Å². The van der Waals surface area contributed by atoms with Crippen molar-refractivity contribution in [2.24, 2.45) is 0 Å². The van der Waals surface area contributed by atoms with Crippen LogP contribution in [0.2, 0.25) is 0 Å². The van der Waals surface area contributed by atoms with Gasteiger partial charge in [-0.25, -0.2) is 0 Å². The molecule has 2 aliphatic heterocycles. The van der Waals surface area contributed by atoms with Gasteiger partial charge in [0.15, 0.2) is 0 Å². The maximum atomic E-state index is 3.79. The van der Waals surface area contributed by atoms with Crippen LogP contribution in [0.5, 0.6) is 0 Å². The highest BCUT2D eigenvalue weighted by atomic mass is 15.2. The van der Waals surface area contributed by atoms with Gasteiger partial charge in [-0.3, -0.25) is 0 Å². The molecule has 0 aliphatic carbocycles. The topological polar surface area (TPSA) is 18.5 Å². The molecule has 2 atom stereocenters. The highest BCUT2D eigenvalue weighted by Gasteiger charge is 2.38. The molecule has 110 valence electrons. The van der Waals surface area contributed by atoms with Crippen molar-refractivity contribution in [2.45, 2.75) is 50.7 Å². The third-order valence-electron chi connectivity index (χ3n) is 5.18. The predicted molar refractivity (Wildman–Crippen MR) is 86.7 cm³/mol. The molecule has 2 unspecified atom stereocenters. The van der Waals surface area contributed by atoms with Crippen molar-refractivity contribution in [3.05, 3.63) is 23.8 Å². The first-order valence-electron chi connectivity index (χ1n) is 7.81. The van der Waals surface area contributed by atoms with E-state index in [0.717, 1.165) is 12.1 Å². The van der Waals surface area contributed by atoms with E-state index in [4.69, 9.17) is 0 Å². The van der Waals surface area contributed by atoms with Crippen molar-refractivity contribution in [3.8, 4) is 0 Å². The molecule has 0 saturated carbocycles. The smallest absolute Gasteiger partial charge is 0.0373 e. The number of fused-ring (bicyclic) bond motifs is 2. The first-order valence-corrected chi connectivity index (χ1v) is 7.81. The van der Waals surface area contributed by atoms with Gasteiger partial charge in [0.1, 0.15) is 0 Å². The summed E-state index contributed by atoms with van der Waals surface area (Å²) in [7, 11) is 6.49. The van der Waals surface area contributed by atoms with Crippen LogP contribution >= 0.6 is 0 Å². The van der Waals surface area contributed by atoms with Crippen LogP contribution in [0.1, 0.15) is 31.2 Å². The van der Waals surface area contributed by atoms with E-state index in [-0.39, 0.29) is 0 Å². The van der Waals surface area contributed by atoms with Crippen molar-refractivity contribution in [3.63, 3.8) is 0 Å². The summed E-state index contributed by atoms with van der Waals surface area (Å²) in [5.41, 5.74) is 3.93. The maximum Gasteiger partial charge on any atom is 0.0373 e. The van der Waals surface area contributed by atoms with E-state index in [1.54, 1.807) is 0 Å². The molecule has 1 aromatic rings. The highest BCUT2D eigenvalue weighted by molar-refractivity contribution is 5.60. The fourth-order valence-corrected chi connectivity index (χ4v) is 3.84. The second-order valence-corrected chi connectivity index (χ2v) is 6.76. The first-order chi connectivity index (χ1) is 9.54. The van der Waals surface area contributed by atoms with Crippen LogP contribution in [0, 0.1) is 6.92 Å². The summed E-state index contributed by atoms with van der Waals surface area (Å²) in [4.78, 5) is 4.76. The molecule has 2 fully saturated rings. The van der Waals surface area contributed by atoms with Gasteiger partial charge in [-0.15, -0.1) is 0 Å². The van der Waals surface area contributed by atoms with Gasteiger partial charge in [0, 0.05) is 43.6 Å². The zero-order valence-electron chi connectivity index (χ0n) is 13.2. The molecule has 0 radical (unpaired) electrons. The fraction of sp³-hybridized carbons (Fsp3) is 0.647. The summed E-state index contributed by atoms with van der Waals surface area (Å²) in [6.07, 6.45) is 5.36. The number of nitrogens with zero attached hydrogens (tertiary/aromatic N) is 2. The van der Waals surface area contributed by atoms with E-state index >= 15 is 0 Å². The third-order valence-corrected chi connectivity index (χ3v) is 5.18. The lowest BCUT2D eigenvalue weighted by atomic mass is 9.97. The van der Waals surface area contributed by atoms with Crippen LogP contribution in [-0.4, -0.2) is 44.2 Å². The van der Waals surface area contributed by atoms with E-state index < -0.39 is 0 Å². The quantitative estimate of drug-likeness (QED) is 0.913. The minimum Gasteiger partial charge on any atom is -0.382 e. The van der Waals surface area contributed by atoms with Crippen molar-refractivity contribution < 1.29 is 0 Å². The van der Waals surface area contributed by atoms with Gasteiger partial charge in [0.25, 0.3) is 0 Å². The molecule has 3 nitrogen and oxygen atoms in total. The summed E-state index contributed by atoms with van der Waals surface area (Å²) in [6, 6.07) is 8.96. The molecule has 0 spiro atoms. The van der Waals surface area contributed by atoms with Gasteiger partial charge < -0.3 is 15.1 Å². The molecule has 3 rings (SSSR count). The molecule has 2 bridgehead atoms. The van der Waals surface area contributed by atoms with Gasteiger partial charge in [0.2, 0.25) is 0 Å². The third kappa shape index (κ3) is 2.51. The van der Waals surface area contributed by atoms with Gasteiger partial charge in [0.05, 0.1) is 0 Å². The Morgan fingerprint density at radius 2 is 1.80 bits per heavy atom. The number of hydrogen-bond acceptors (Lipinski definition) is 3. The molecule has 0 amide bonds.